The molecule has 2 amide bonds. The zero-order chi connectivity index (χ0) is 9.26. The van der Waals surface area contributed by atoms with E-state index in [1.807, 2.05) is 0 Å². The molecule has 2 aliphatic rings. The molecule has 5 nitrogen and oxygen atoms in total. The highest BCUT2D eigenvalue weighted by atomic mass is 16.2. The van der Waals surface area contributed by atoms with Gasteiger partial charge in [-0.15, -0.1) is 0 Å². The molecule has 5 heteroatoms. The number of allylic oxidation sites excluding steroid dienone is 2. The van der Waals surface area contributed by atoms with Crippen LogP contribution in [0.3, 0.4) is 0 Å². The number of hydrogen-bond acceptors (Lipinski definition) is 3. The number of amides is 2. The zero-order valence-corrected chi connectivity index (χ0v) is 6.84. The maximum absolute atomic E-state index is 10.9. The molecule has 0 unspecified atom stereocenters. The van der Waals surface area contributed by atoms with E-state index in [0.717, 1.165) is 5.71 Å². The van der Waals surface area contributed by atoms with E-state index in [0.29, 0.717) is 12.4 Å². The predicted molar refractivity (Wildman–Crippen MR) is 49.4 cm³/mol. The molecule has 0 spiro atoms. The van der Waals surface area contributed by atoms with Gasteiger partial charge < -0.3 is 5.73 Å². The van der Waals surface area contributed by atoms with Crippen molar-refractivity contribution in [2.45, 2.75) is 0 Å². The lowest BCUT2D eigenvalue weighted by molar-refractivity contribution is 0.226. The van der Waals surface area contributed by atoms with Gasteiger partial charge in [-0.1, -0.05) is 0 Å². The summed E-state index contributed by atoms with van der Waals surface area (Å²) in [6.07, 6.45) is 6.71. The molecular weight excluding hydrogens is 168 g/mol. The van der Waals surface area contributed by atoms with E-state index < -0.39 is 6.03 Å². The van der Waals surface area contributed by atoms with Gasteiger partial charge >= 0.3 is 6.03 Å². The third kappa shape index (κ3) is 1.24. The van der Waals surface area contributed by atoms with Crippen molar-refractivity contribution in [2.75, 3.05) is 6.67 Å². The first-order valence-electron chi connectivity index (χ1n) is 3.81. The summed E-state index contributed by atoms with van der Waals surface area (Å²) in [5.41, 5.74) is 6.62. The van der Waals surface area contributed by atoms with E-state index in [2.05, 4.69) is 9.98 Å². The Morgan fingerprint density at radius 3 is 3.23 bits per heavy atom. The van der Waals surface area contributed by atoms with Gasteiger partial charge in [0.2, 0.25) is 0 Å². The summed E-state index contributed by atoms with van der Waals surface area (Å²) in [7, 11) is 0. The van der Waals surface area contributed by atoms with Crippen molar-refractivity contribution in [1.29, 1.82) is 0 Å². The number of nitrogens with two attached hydrogens (primary N) is 1. The molecule has 2 heterocycles. The lowest BCUT2D eigenvalue weighted by Gasteiger charge is -2.12. The van der Waals surface area contributed by atoms with E-state index in [4.69, 9.17) is 5.73 Å². The number of rotatable bonds is 0. The van der Waals surface area contributed by atoms with Crippen LogP contribution in [0, 0.1) is 0 Å². The second-order valence-electron chi connectivity index (χ2n) is 2.62. The molecule has 2 aliphatic heterocycles. The van der Waals surface area contributed by atoms with Crippen LogP contribution in [0.15, 0.2) is 34.0 Å². The molecule has 0 bridgehead atoms. The highest BCUT2D eigenvalue weighted by Crippen LogP contribution is 2.15. The largest absolute Gasteiger partial charge is 0.351 e. The lowest BCUT2D eigenvalue weighted by Crippen LogP contribution is -2.33. The topological polar surface area (TPSA) is 71.1 Å². The second kappa shape index (κ2) is 2.85. The van der Waals surface area contributed by atoms with Crippen molar-refractivity contribution in [3.63, 3.8) is 0 Å². The fraction of sp³-hybridized carbons (Fsp3) is 0.125. The number of hydrogen-bond donors (Lipinski definition) is 1. The summed E-state index contributed by atoms with van der Waals surface area (Å²) in [6.45, 7) is 0.300. The SMILES string of the molecule is NC(=O)N1CN=C2C=CN=CC=C21. The van der Waals surface area contributed by atoms with Crippen LogP contribution in [0.5, 0.6) is 0 Å². The average Bonchev–Trinajstić information content (AvgIpc) is 2.36. The first kappa shape index (κ1) is 7.72. The first-order chi connectivity index (χ1) is 6.29. The molecule has 0 aromatic rings. The van der Waals surface area contributed by atoms with E-state index in [-0.39, 0.29) is 0 Å². The predicted octanol–water partition coefficient (Wildman–Crippen LogP) is 0.261. The van der Waals surface area contributed by atoms with Crippen molar-refractivity contribution in [3.8, 4) is 0 Å². The smallest absolute Gasteiger partial charge is 0.320 e. The van der Waals surface area contributed by atoms with Crippen molar-refractivity contribution in [2.24, 2.45) is 15.7 Å². The average molecular weight is 176 g/mol. The van der Waals surface area contributed by atoms with Crippen molar-refractivity contribution in [1.82, 2.24) is 4.90 Å². The number of nitrogens with zero attached hydrogens (tertiary/aromatic N) is 3. The number of primary amides is 1. The van der Waals surface area contributed by atoms with Gasteiger partial charge in [0.05, 0.1) is 11.4 Å². The Labute approximate surface area is 75.0 Å². The van der Waals surface area contributed by atoms with Crippen molar-refractivity contribution < 1.29 is 4.79 Å². The van der Waals surface area contributed by atoms with E-state index in [9.17, 15) is 4.79 Å². The standard InChI is InChI=1S/C8H8N4O/c9-8(13)12-5-11-6-1-3-10-4-2-7(6)12/h1-4H,5H2,(H2,9,13). The zero-order valence-electron chi connectivity index (χ0n) is 6.84. The van der Waals surface area contributed by atoms with Gasteiger partial charge in [0, 0.05) is 12.4 Å². The molecule has 13 heavy (non-hydrogen) atoms. The lowest BCUT2D eigenvalue weighted by atomic mass is 10.2. The minimum Gasteiger partial charge on any atom is -0.351 e. The number of carbonyl (C=O) groups is 1. The number of fused-ring (bicyclic) bond motifs is 1. The fourth-order valence-electron chi connectivity index (χ4n) is 1.22. The Kier molecular flexibility index (Phi) is 1.70. The molecule has 0 saturated heterocycles. The monoisotopic (exact) mass is 176 g/mol. The molecule has 0 aliphatic carbocycles. The Hall–Kier alpha value is -1.91. The molecule has 66 valence electrons. The molecule has 2 rings (SSSR count). The minimum absolute atomic E-state index is 0.300. The van der Waals surface area contributed by atoms with Gasteiger partial charge in [0.1, 0.15) is 6.67 Å². The van der Waals surface area contributed by atoms with E-state index in [1.54, 1.807) is 24.6 Å². The van der Waals surface area contributed by atoms with E-state index in [1.165, 1.54) is 4.90 Å². The summed E-state index contributed by atoms with van der Waals surface area (Å²) in [5, 5.41) is 0. The molecule has 0 aromatic heterocycles. The summed E-state index contributed by atoms with van der Waals surface area (Å²) in [6, 6.07) is -0.492. The summed E-state index contributed by atoms with van der Waals surface area (Å²) in [5.74, 6) is 0. The van der Waals surface area contributed by atoms with Crippen LogP contribution >= 0.6 is 0 Å². The van der Waals surface area contributed by atoms with E-state index >= 15 is 0 Å². The van der Waals surface area contributed by atoms with Gasteiger partial charge in [0.15, 0.2) is 0 Å². The van der Waals surface area contributed by atoms with Gasteiger partial charge in [-0.05, 0) is 12.2 Å². The van der Waals surface area contributed by atoms with Crippen LogP contribution in [0.1, 0.15) is 0 Å². The first-order valence-corrected chi connectivity index (χ1v) is 3.81. The molecule has 0 saturated carbocycles. The van der Waals surface area contributed by atoms with Crippen LogP contribution in [0.25, 0.3) is 0 Å². The Morgan fingerprint density at radius 2 is 2.46 bits per heavy atom. The quantitative estimate of drug-likeness (QED) is 0.565. The Bertz CT molecular complexity index is 364. The van der Waals surface area contributed by atoms with Gasteiger partial charge in [-0.3, -0.25) is 14.9 Å². The molecule has 0 radical (unpaired) electrons. The normalized spacial score (nSPS) is 19.2. The van der Waals surface area contributed by atoms with Crippen molar-refractivity contribution >= 4 is 18.0 Å². The van der Waals surface area contributed by atoms with Gasteiger partial charge in [-0.2, -0.15) is 0 Å². The third-order valence-corrected chi connectivity index (χ3v) is 1.84. The van der Waals surface area contributed by atoms with Gasteiger partial charge in [0.25, 0.3) is 0 Å². The summed E-state index contributed by atoms with van der Waals surface area (Å²) >= 11 is 0. The maximum atomic E-state index is 10.9. The number of urea groups is 1. The highest BCUT2D eigenvalue weighted by molar-refractivity contribution is 6.13. The Morgan fingerprint density at radius 1 is 1.62 bits per heavy atom. The van der Waals surface area contributed by atoms with Gasteiger partial charge in [-0.25, -0.2) is 4.79 Å². The summed E-state index contributed by atoms with van der Waals surface area (Å²) < 4.78 is 0. The number of carbonyl (C=O) groups excluding carboxylic acids is 1. The van der Waals surface area contributed by atoms with Crippen LogP contribution in [0.4, 0.5) is 4.79 Å². The molecule has 2 N–H and O–H groups in total. The molecular formula is C8H8N4O. The summed E-state index contributed by atoms with van der Waals surface area (Å²) in [4.78, 5) is 20.4. The molecule has 0 atom stereocenters. The Balaban J connectivity index is 2.36. The van der Waals surface area contributed by atoms with Crippen LogP contribution in [-0.4, -0.2) is 29.5 Å². The van der Waals surface area contributed by atoms with Crippen LogP contribution in [0.2, 0.25) is 0 Å². The van der Waals surface area contributed by atoms with Crippen LogP contribution < -0.4 is 5.73 Å². The van der Waals surface area contributed by atoms with Crippen molar-refractivity contribution in [3.05, 3.63) is 24.0 Å². The fourth-order valence-corrected chi connectivity index (χ4v) is 1.22. The maximum Gasteiger partial charge on any atom is 0.320 e. The second-order valence-corrected chi connectivity index (χ2v) is 2.62. The number of aliphatic imine (C=N–C) groups is 2. The van der Waals surface area contributed by atoms with Crippen LogP contribution in [-0.2, 0) is 0 Å². The molecule has 0 fully saturated rings. The minimum atomic E-state index is -0.492. The highest BCUT2D eigenvalue weighted by Gasteiger charge is 2.23. The molecule has 0 aromatic carbocycles. The third-order valence-electron chi connectivity index (χ3n) is 1.84.